The fourth-order valence-corrected chi connectivity index (χ4v) is 7.32. The molecule has 0 radical (unpaired) electrons. The Bertz CT molecular complexity index is 2730. The van der Waals surface area contributed by atoms with Crippen LogP contribution in [0, 0.1) is 116 Å². The molecule has 3 nitrogen and oxygen atoms in total. The Labute approximate surface area is 348 Å². The van der Waals surface area contributed by atoms with Gasteiger partial charge in [0, 0.05) is 11.6 Å². The lowest BCUT2D eigenvalue weighted by Crippen LogP contribution is -2.81. The molecule has 0 saturated heterocycles. The summed E-state index contributed by atoms with van der Waals surface area (Å²) in [5, 5.41) is 1.91. The van der Waals surface area contributed by atoms with Crippen LogP contribution in [0.4, 0.5) is 87.8 Å². The van der Waals surface area contributed by atoms with Crippen molar-refractivity contribution in [3.8, 4) is 0 Å². The van der Waals surface area contributed by atoms with Crippen molar-refractivity contribution in [2.45, 2.75) is 6.54 Å². The summed E-state index contributed by atoms with van der Waals surface area (Å²) in [6.45, 7) is 0.629. The van der Waals surface area contributed by atoms with Gasteiger partial charge in [0.25, 0.3) is 5.69 Å². The molecule has 65 heavy (non-hydrogen) atoms. The number of aromatic nitrogens is 1. The quantitative estimate of drug-likeness (QED) is 0.0568. The van der Waals surface area contributed by atoms with Crippen LogP contribution in [0.15, 0.2) is 66.9 Å². The first-order valence-electron chi connectivity index (χ1n) is 17.4. The summed E-state index contributed by atoms with van der Waals surface area (Å²) in [4.78, 5) is 11.8. The summed E-state index contributed by atoms with van der Waals surface area (Å²) in [6.07, 6.45) is -5.30. The average Bonchev–Trinajstić information content (AvgIpc) is 3.29. The SMILES string of the molecule is Fc1c(F)c(F)c([B-](c2c(F)c(F)c(F)c(F)c2F)(c2c(F)c(F)c(F)c(F)c2F)c2c(F)c(F)c(F)c(F)c2F)c(F)c1F.NC(=O)c1c2ccccc2cc[n+]1Cc1ccccc1. The molecule has 24 heteroatoms. The van der Waals surface area contributed by atoms with Crippen molar-refractivity contribution >= 4 is 44.7 Å². The predicted octanol–water partition coefficient (Wildman–Crippen LogP) is 8.12. The van der Waals surface area contributed by atoms with E-state index in [1.54, 1.807) is 0 Å². The van der Waals surface area contributed by atoms with Gasteiger partial charge in [-0.25, -0.2) is 87.8 Å². The van der Waals surface area contributed by atoms with Crippen LogP contribution in [-0.4, -0.2) is 12.1 Å². The number of primary amides is 1. The Morgan fingerprint density at radius 3 is 0.969 bits per heavy atom. The molecule has 0 unspecified atom stereocenters. The summed E-state index contributed by atoms with van der Waals surface area (Å²) >= 11 is 0. The third kappa shape index (κ3) is 7.33. The number of benzene rings is 6. The number of amides is 1. The zero-order valence-electron chi connectivity index (χ0n) is 31.1. The number of nitrogens with zero attached hydrogens (tertiary/aromatic N) is 1. The molecule has 6 aromatic carbocycles. The second-order valence-corrected chi connectivity index (χ2v) is 13.5. The molecule has 0 saturated carbocycles. The van der Waals surface area contributed by atoms with E-state index in [1.165, 1.54) is 0 Å². The highest BCUT2D eigenvalue weighted by Gasteiger charge is 2.52. The van der Waals surface area contributed by atoms with E-state index in [0.717, 1.165) is 16.3 Å². The molecule has 1 heterocycles. The summed E-state index contributed by atoms with van der Waals surface area (Å²) < 4.78 is 296. The normalized spacial score (nSPS) is 11.6. The van der Waals surface area contributed by atoms with E-state index in [9.17, 15) is 57.5 Å². The Morgan fingerprint density at radius 1 is 0.385 bits per heavy atom. The Kier molecular flexibility index (Phi) is 12.7. The van der Waals surface area contributed by atoms with E-state index < -0.39 is 150 Å². The second kappa shape index (κ2) is 17.4. The highest BCUT2D eigenvalue weighted by atomic mass is 19.2. The minimum absolute atomic E-state index is 0.405. The van der Waals surface area contributed by atoms with Gasteiger partial charge in [0.05, 0.1) is 5.39 Å². The summed E-state index contributed by atoms with van der Waals surface area (Å²) in [5.74, 6) is -71.8. The van der Waals surface area contributed by atoms with Crippen LogP contribution in [0.25, 0.3) is 10.8 Å². The molecule has 0 aliphatic heterocycles. The van der Waals surface area contributed by atoms with Gasteiger partial charge in [-0.3, -0.25) is 4.79 Å². The molecule has 2 N–H and O–H groups in total. The number of fused-ring (bicyclic) bond motifs is 1. The molecule has 7 aromatic rings. The van der Waals surface area contributed by atoms with Crippen molar-refractivity contribution in [2.24, 2.45) is 5.73 Å². The van der Waals surface area contributed by atoms with Crippen LogP contribution in [0.1, 0.15) is 16.1 Å². The molecule has 0 aliphatic carbocycles. The van der Waals surface area contributed by atoms with Crippen LogP contribution in [0.2, 0.25) is 0 Å². The third-order valence-corrected chi connectivity index (χ3v) is 10.1. The first-order valence-corrected chi connectivity index (χ1v) is 17.4. The van der Waals surface area contributed by atoms with Crippen molar-refractivity contribution in [1.29, 1.82) is 0 Å². The Morgan fingerprint density at radius 2 is 0.662 bits per heavy atom. The number of hydrogen-bond acceptors (Lipinski definition) is 1. The molecule has 0 aliphatic rings. The van der Waals surface area contributed by atoms with Crippen LogP contribution in [0.3, 0.4) is 0 Å². The molecule has 0 fully saturated rings. The number of carbonyl (C=O) groups excluding carboxylic acids is 1. The maximum Gasteiger partial charge on any atom is 0.314 e. The summed E-state index contributed by atoms with van der Waals surface area (Å²) in [5.41, 5.74) is -7.07. The monoisotopic (exact) mass is 942 g/mol. The van der Waals surface area contributed by atoms with Gasteiger partial charge in [-0.15, -0.1) is 21.9 Å². The van der Waals surface area contributed by atoms with Gasteiger partial charge in [-0.2, -0.15) is 4.57 Å². The van der Waals surface area contributed by atoms with Crippen molar-refractivity contribution < 1.29 is 97.2 Å². The van der Waals surface area contributed by atoms with Crippen molar-refractivity contribution in [3.63, 3.8) is 0 Å². The van der Waals surface area contributed by atoms with Crippen LogP contribution in [-0.2, 0) is 6.54 Å². The van der Waals surface area contributed by atoms with E-state index >= 15 is 35.1 Å². The van der Waals surface area contributed by atoms with Gasteiger partial charge in [0.1, 0.15) is 52.7 Å². The van der Waals surface area contributed by atoms with Gasteiger partial charge in [-0.1, -0.05) is 48.5 Å². The standard InChI is InChI=1S/C24BF20.C17H14N2O/c26-5-1(6(27)14(35)21(42)13(5)34)25(2-7(28)15(36)22(43)16(37)8(2)29,3-9(30)17(38)23(44)18(39)10(3)31)4-11(32)19(40)24(45)20(41)12(4)33;18-17(20)16-15-9-5-4-8-14(15)10-11-19(16)12-13-6-2-1-3-7-13/h;1-11H,12H2,(H-,18,20)/q-1;/p+1. The molecule has 1 aromatic heterocycles. The van der Waals surface area contributed by atoms with Crippen molar-refractivity contribution in [2.75, 3.05) is 0 Å². The number of halogens is 20. The first kappa shape index (κ1) is 47.3. The maximum atomic E-state index is 15.4. The number of carbonyl (C=O) groups is 1. The largest absolute Gasteiger partial charge is 0.360 e. The molecule has 0 atom stereocenters. The maximum absolute atomic E-state index is 15.4. The molecule has 1 amide bonds. The smallest absolute Gasteiger partial charge is 0.314 e. The zero-order chi connectivity index (χ0) is 48.3. The van der Waals surface area contributed by atoms with Gasteiger partial charge < -0.3 is 5.73 Å². The minimum Gasteiger partial charge on any atom is -0.360 e. The van der Waals surface area contributed by atoms with Gasteiger partial charge in [0.2, 0.25) is 0 Å². The van der Waals surface area contributed by atoms with E-state index in [1.807, 2.05) is 71.4 Å². The number of rotatable bonds is 7. The predicted molar refractivity (Wildman–Crippen MR) is 187 cm³/mol. The fourth-order valence-electron chi connectivity index (χ4n) is 7.32. The lowest BCUT2D eigenvalue weighted by Gasteiger charge is -2.44. The average molecular weight is 942 g/mol. The molecule has 0 bridgehead atoms. The topological polar surface area (TPSA) is 47.0 Å². The van der Waals surface area contributed by atoms with Crippen LogP contribution in [0.5, 0.6) is 0 Å². The Balaban J connectivity index is 0.000000289. The van der Waals surface area contributed by atoms with Crippen LogP contribution >= 0.6 is 0 Å². The molecule has 0 spiro atoms. The summed E-state index contributed by atoms with van der Waals surface area (Å²) in [6, 6.07) is 19.8. The number of nitrogens with two attached hydrogens (primary N) is 1. The van der Waals surface area contributed by atoms with Crippen LogP contribution < -0.4 is 32.2 Å². The summed E-state index contributed by atoms with van der Waals surface area (Å²) in [7, 11) is 0. The van der Waals surface area contributed by atoms with E-state index in [-0.39, 0.29) is 0 Å². The number of pyridine rings is 1. The second-order valence-electron chi connectivity index (χ2n) is 13.5. The lowest BCUT2D eigenvalue weighted by atomic mass is 9.12. The van der Waals surface area contributed by atoms with E-state index in [2.05, 4.69) is 0 Å². The minimum atomic E-state index is -7.22. The number of hydrogen-bond donors (Lipinski definition) is 1. The Hall–Kier alpha value is -7.14. The molecular formula is C41H15BF20N2O. The van der Waals surface area contributed by atoms with Gasteiger partial charge in [-0.05, 0) is 11.5 Å². The van der Waals surface area contributed by atoms with E-state index in [4.69, 9.17) is 5.73 Å². The molecular weight excluding hydrogens is 927 g/mol. The third-order valence-electron chi connectivity index (χ3n) is 10.1. The molecule has 338 valence electrons. The highest BCUT2D eigenvalue weighted by Crippen LogP contribution is 2.31. The van der Waals surface area contributed by atoms with Crippen molar-refractivity contribution in [3.05, 3.63) is 194 Å². The lowest BCUT2D eigenvalue weighted by molar-refractivity contribution is -0.688. The highest BCUT2D eigenvalue weighted by molar-refractivity contribution is 7.20. The first-order chi connectivity index (χ1) is 30.5. The van der Waals surface area contributed by atoms with E-state index in [0.29, 0.717) is 12.2 Å². The van der Waals surface area contributed by atoms with Gasteiger partial charge in [0.15, 0.2) is 82.5 Å². The molecule has 7 rings (SSSR count). The van der Waals surface area contributed by atoms with Crippen molar-refractivity contribution in [1.82, 2.24) is 0 Å². The fraction of sp³-hybridized carbons (Fsp3) is 0.0244. The van der Waals surface area contributed by atoms with Gasteiger partial charge >= 0.3 is 5.91 Å². The zero-order valence-corrected chi connectivity index (χ0v) is 31.1.